The molecule has 0 bridgehead atoms. The lowest BCUT2D eigenvalue weighted by Gasteiger charge is -2.09. The molecule has 0 aliphatic rings. The van der Waals surface area contributed by atoms with Crippen LogP contribution in [0.15, 0.2) is 34.8 Å². The number of nitrogens with one attached hydrogen (secondary N) is 1. The van der Waals surface area contributed by atoms with Crippen molar-refractivity contribution in [2.24, 2.45) is 0 Å². The third-order valence-electron chi connectivity index (χ3n) is 4.72. The Morgan fingerprint density at radius 2 is 1.97 bits per heavy atom. The molecule has 0 unspecified atom stereocenters. The molecule has 3 heterocycles. The number of anilines is 1. The summed E-state index contributed by atoms with van der Waals surface area (Å²) >= 11 is 2.88. The van der Waals surface area contributed by atoms with Gasteiger partial charge in [-0.25, -0.2) is 14.5 Å². The van der Waals surface area contributed by atoms with Crippen LogP contribution in [-0.4, -0.2) is 36.7 Å². The molecule has 7 nitrogen and oxygen atoms in total. The maximum atomic E-state index is 12.7. The van der Waals surface area contributed by atoms with E-state index in [1.165, 1.54) is 23.1 Å². The smallest absolute Gasteiger partial charge is 0.253 e. The van der Waals surface area contributed by atoms with Crippen molar-refractivity contribution in [1.29, 1.82) is 0 Å². The second-order valence-electron chi connectivity index (χ2n) is 6.65. The Kier molecular flexibility index (Phi) is 5.33. The van der Waals surface area contributed by atoms with Crippen LogP contribution in [0.2, 0.25) is 0 Å². The van der Waals surface area contributed by atoms with Crippen LogP contribution in [0.1, 0.15) is 22.5 Å². The Balaban J connectivity index is 1.54. The molecular formula is C20H20N6OS2. The van der Waals surface area contributed by atoms with Gasteiger partial charge in [0.05, 0.1) is 12.1 Å². The zero-order chi connectivity index (χ0) is 20.5. The number of carbonyl (C=O) groups is 1. The fraction of sp³-hybridized carbons (Fsp3) is 0.250. The van der Waals surface area contributed by atoms with Gasteiger partial charge in [0.1, 0.15) is 0 Å². The van der Waals surface area contributed by atoms with Gasteiger partial charge in [0.25, 0.3) is 5.78 Å². The lowest BCUT2D eigenvalue weighted by atomic mass is 10.1. The summed E-state index contributed by atoms with van der Waals surface area (Å²) < 4.78 is 1.70. The lowest BCUT2D eigenvalue weighted by Crippen LogP contribution is -2.17. The first-order valence-electron chi connectivity index (χ1n) is 9.04. The summed E-state index contributed by atoms with van der Waals surface area (Å²) in [5, 5.41) is 10.5. The van der Waals surface area contributed by atoms with Crippen LogP contribution in [0.5, 0.6) is 0 Å². The molecule has 0 aliphatic heterocycles. The fourth-order valence-corrected chi connectivity index (χ4v) is 4.23. The number of thiazole rings is 1. The third-order valence-corrected chi connectivity index (χ3v) is 6.02. The van der Waals surface area contributed by atoms with E-state index in [1.54, 1.807) is 4.52 Å². The van der Waals surface area contributed by atoms with Crippen molar-refractivity contribution in [1.82, 2.24) is 24.6 Å². The molecule has 0 fully saturated rings. The number of nitrogens with zero attached hydrogens (tertiary/aromatic N) is 5. The minimum atomic E-state index is -0.131. The average molecular weight is 425 g/mol. The van der Waals surface area contributed by atoms with Gasteiger partial charge in [-0.2, -0.15) is 4.98 Å². The summed E-state index contributed by atoms with van der Waals surface area (Å²) in [7, 11) is 0. The average Bonchev–Trinajstić information content (AvgIpc) is 3.32. The van der Waals surface area contributed by atoms with Crippen molar-refractivity contribution in [3.63, 3.8) is 0 Å². The standard InChI is InChI=1S/C20H20N6OS2/c1-11-7-5-6-8-14(11)16-10-29-19(22-16)23-17(27)9-15-12(2)21-18-24-20(28-4)25-26(18)13(15)3/h5-8,10H,9H2,1-4H3,(H,22,23,27). The summed E-state index contributed by atoms with van der Waals surface area (Å²) in [6.07, 6.45) is 2.12. The summed E-state index contributed by atoms with van der Waals surface area (Å²) in [6.45, 7) is 5.87. The van der Waals surface area contributed by atoms with Gasteiger partial charge in [0.15, 0.2) is 5.13 Å². The van der Waals surface area contributed by atoms with Crippen LogP contribution in [0, 0.1) is 20.8 Å². The normalized spacial score (nSPS) is 11.2. The van der Waals surface area contributed by atoms with Gasteiger partial charge in [0.2, 0.25) is 11.1 Å². The molecule has 0 aliphatic carbocycles. The molecule has 0 spiro atoms. The number of hydrogen-bond acceptors (Lipinski definition) is 7. The minimum absolute atomic E-state index is 0.131. The topological polar surface area (TPSA) is 85.1 Å². The molecule has 0 atom stereocenters. The first-order chi connectivity index (χ1) is 14.0. The van der Waals surface area contributed by atoms with Crippen molar-refractivity contribution in [2.45, 2.75) is 32.3 Å². The summed E-state index contributed by atoms with van der Waals surface area (Å²) in [5.74, 6) is 0.421. The van der Waals surface area contributed by atoms with E-state index in [9.17, 15) is 4.79 Å². The molecule has 29 heavy (non-hydrogen) atoms. The number of hydrogen-bond donors (Lipinski definition) is 1. The summed E-state index contributed by atoms with van der Waals surface area (Å²) in [6, 6.07) is 8.07. The molecule has 0 radical (unpaired) electrons. The Hall–Kier alpha value is -2.78. The van der Waals surface area contributed by atoms with Gasteiger partial charge in [-0.1, -0.05) is 36.0 Å². The van der Waals surface area contributed by atoms with E-state index in [2.05, 4.69) is 25.4 Å². The van der Waals surface area contributed by atoms with Crippen molar-refractivity contribution >= 4 is 39.9 Å². The van der Waals surface area contributed by atoms with E-state index < -0.39 is 0 Å². The lowest BCUT2D eigenvalue weighted by molar-refractivity contribution is -0.115. The van der Waals surface area contributed by atoms with Crippen molar-refractivity contribution in [2.75, 3.05) is 11.6 Å². The number of aryl methyl sites for hydroxylation is 3. The Morgan fingerprint density at radius 1 is 1.17 bits per heavy atom. The van der Waals surface area contributed by atoms with Gasteiger partial charge in [-0.05, 0) is 32.6 Å². The molecule has 1 N–H and O–H groups in total. The number of fused-ring (bicyclic) bond motifs is 1. The molecule has 1 aromatic carbocycles. The van der Waals surface area contributed by atoms with Gasteiger partial charge >= 0.3 is 0 Å². The highest BCUT2D eigenvalue weighted by molar-refractivity contribution is 7.98. The molecule has 4 rings (SSSR count). The Labute approximate surface area is 176 Å². The number of thioether (sulfide) groups is 1. The predicted molar refractivity (Wildman–Crippen MR) is 117 cm³/mol. The van der Waals surface area contributed by atoms with Crippen LogP contribution in [0.25, 0.3) is 17.0 Å². The zero-order valence-corrected chi connectivity index (χ0v) is 18.2. The van der Waals surface area contributed by atoms with Gasteiger partial charge in [0, 0.05) is 27.9 Å². The van der Waals surface area contributed by atoms with E-state index in [-0.39, 0.29) is 12.3 Å². The van der Waals surface area contributed by atoms with Crippen molar-refractivity contribution in [3.8, 4) is 11.3 Å². The van der Waals surface area contributed by atoms with Crippen molar-refractivity contribution in [3.05, 3.63) is 52.2 Å². The van der Waals surface area contributed by atoms with Crippen LogP contribution < -0.4 is 5.32 Å². The van der Waals surface area contributed by atoms with Crippen LogP contribution >= 0.6 is 23.1 Å². The molecule has 0 saturated carbocycles. The number of rotatable bonds is 5. The largest absolute Gasteiger partial charge is 0.302 e. The highest BCUT2D eigenvalue weighted by Crippen LogP contribution is 2.27. The molecule has 0 saturated heterocycles. The van der Waals surface area contributed by atoms with Gasteiger partial charge < -0.3 is 5.32 Å². The van der Waals surface area contributed by atoms with Gasteiger partial charge in [-0.3, -0.25) is 4.79 Å². The molecule has 1 amide bonds. The number of benzene rings is 1. The van der Waals surface area contributed by atoms with E-state index in [0.717, 1.165) is 33.8 Å². The fourth-order valence-electron chi connectivity index (χ4n) is 3.17. The van der Waals surface area contributed by atoms with Crippen molar-refractivity contribution < 1.29 is 4.79 Å². The third kappa shape index (κ3) is 3.88. The number of carbonyl (C=O) groups excluding carboxylic acids is 1. The van der Waals surface area contributed by atoms with Crippen LogP contribution in [-0.2, 0) is 11.2 Å². The highest BCUT2D eigenvalue weighted by atomic mass is 32.2. The molecule has 9 heteroatoms. The second kappa shape index (κ2) is 7.92. The monoisotopic (exact) mass is 424 g/mol. The second-order valence-corrected chi connectivity index (χ2v) is 8.28. The minimum Gasteiger partial charge on any atom is -0.302 e. The zero-order valence-electron chi connectivity index (χ0n) is 16.6. The van der Waals surface area contributed by atoms with Gasteiger partial charge in [-0.15, -0.1) is 16.4 Å². The Morgan fingerprint density at radius 3 is 2.72 bits per heavy atom. The molecule has 3 aromatic heterocycles. The summed E-state index contributed by atoms with van der Waals surface area (Å²) in [4.78, 5) is 26.1. The number of amides is 1. The van der Waals surface area contributed by atoms with E-state index in [4.69, 9.17) is 0 Å². The SMILES string of the molecule is CSc1nc2nc(C)c(CC(=O)Nc3nc(-c4ccccc4C)cs3)c(C)n2n1. The first-order valence-corrected chi connectivity index (χ1v) is 11.1. The predicted octanol–water partition coefficient (Wildman–Crippen LogP) is 4.08. The first kappa shape index (κ1) is 19.5. The molecule has 4 aromatic rings. The number of aromatic nitrogens is 5. The maximum absolute atomic E-state index is 12.7. The van der Waals surface area contributed by atoms with E-state index in [1.807, 2.05) is 56.7 Å². The van der Waals surface area contributed by atoms with Crippen LogP contribution in [0.4, 0.5) is 5.13 Å². The quantitative estimate of drug-likeness (QED) is 0.486. The molecule has 148 valence electrons. The highest BCUT2D eigenvalue weighted by Gasteiger charge is 2.17. The summed E-state index contributed by atoms with van der Waals surface area (Å²) in [5.41, 5.74) is 5.59. The van der Waals surface area contributed by atoms with E-state index in [0.29, 0.717) is 16.1 Å². The Bertz CT molecular complexity index is 1210. The maximum Gasteiger partial charge on any atom is 0.253 e. The van der Waals surface area contributed by atoms with E-state index >= 15 is 0 Å². The molecular weight excluding hydrogens is 404 g/mol. The van der Waals surface area contributed by atoms with Crippen LogP contribution in [0.3, 0.4) is 0 Å².